The number of hydrogen-bond donors (Lipinski definition) is 1. The Hall–Kier alpha value is -0.740. The predicted octanol–water partition coefficient (Wildman–Crippen LogP) is 1.51. The van der Waals surface area contributed by atoms with Gasteiger partial charge in [-0.15, -0.1) is 11.6 Å². The topological polar surface area (TPSA) is 54.9 Å². The van der Waals surface area contributed by atoms with E-state index in [2.05, 4.69) is 4.98 Å². The number of hydrogen-bond acceptors (Lipinski definition) is 2. The van der Waals surface area contributed by atoms with Crippen molar-refractivity contribution in [1.29, 1.82) is 0 Å². The molecule has 6 heteroatoms. The van der Waals surface area contributed by atoms with Gasteiger partial charge < -0.3 is 4.98 Å². The zero-order valence-electron chi connectivity index (χ0n) is 7.80. The Morgan fingerprint density at radius 1 is 1.43 bits per heavy atom. The molecule has 1 rings (SSSR count). The summed E-state index contributed by atoms with van der Waals surface area (Å²) in [4.78, 5) is 25.4. The fourth-order valence-electron chi connectivity index (χ4n) is 1.13. The minimum Gasteiger partial charge on any atom is -0.308 e. The second-order valence-corrected chi connectivity index (χ2v) is 3.77. The molecule has 0 fully saturated rings. The first kappa shape index (κ1) is 11.3. The first-order valence-corrected chi connectivity index (χ1v) is 4.99. The molecular formula is C8H10Cl2N2O2. The van der Waals surface area contributed by atoms with Crippen LogP contribution in [0.3, 0.4) is 0 Å². The Balaban J connectivity index is 3.58. The van der Waals surface area contributed by atoms with Gasteiger partial charge in [0.25, 0.3) is 5.56 Å². The third-order valence-corrected chi connectivity index (χ3v) is 2.46. The predicted molar refractivity (Wildman–Crippen MR) is 56.3 cm³/mol. The first-order valence-electron chi connectivity index (χ1n) is 4.08. The molecule has 0 saturated heterocycles. The molecule has 0 aromatic carbocycles. The monoisotopic (exact) mass is 236 g/mol. The molecule has 0 unspecified atom stereocenters. The molecule has 0 bridgehead atoms. The first-order chi connectivity index (χ1) is 6.49. The number of H-pyrrole nitrogens is 1. The molecule has 1 heterocycles. The lowest BCUT2D eigenvalue weighted by atomic mass is 10.3. The maximum atomic E-state index is 11.6. The van der Waals surface area contributed by atoms with Crippen LogP contribution in [0.15, 0.2) is 9.59 Å². The van der Waals surface area contributed by atoms with Crippen molar-refractivity contribution in [3.8, 4) is 0 Å². The Labute approximate surface area is 90.5 Å². The summed E-state index contributed by atoms with van der Waals surface area (Å²) in [6.45, 7) is 3.46. The van der Waals surface area contributed by atoms with Gasteiger partial charge >= 0.3 is 5.69 Å². The van der Waals surface area contributed by atoms with Gasteiger partial charge in [0.15, 0.2) is 0 Å². The molecule has 78 valence electrons. The number of rotatable bonds is 2. The van der Waals surface area contributed by atoms with Crippen molar-refractivity contribution >= 4 is 23.2 Å². The van der Waals surface area contributed by atoms with E-state index in [-0.39, 0.29) is 22.6 Å². The average molecular weight is 237 g/mol. The van der Waals surface area contributed by atoms with Gasteiger partial charge in [0.2, 0.25) is 0 Å². The van der Waals surface area contributed by atoms with Crippen LogP contribution in [0.2, 0.25) is 5.02 Å². The molecule has 1 N–H and O–H groups in total. The number of aromatic amines is 1. The summed E-state index contributed by atoms with van der Waals surface area (Å²) in [7, 11) is 0. The second-order valence-electron chi connectivity index (χ2n) is 3.13. The largest absolute Gasteiger partial charge is 0.328 e. The van der Waals surface area contributed by atoms with E-state index < -0.39 is 11.2 Å². The van der Waals surface area contributed by atoms with Crippen molar-refractivity contribution in [2.45, 2.75) is 25.8 Å². The molecule has 0 spiro atoms. The summed E-state index contributed by atoms with van der Waals surface area (Å²) < 4.78 is 1.05. The summed E-state index contributed by atoms with van der Waals surface area (Å²) in [5, 5.41) is -0.0201. The van der Waals surface area contributed by atoms with Crippen molar-refractivity contribution in [3.63, 3.8) is 0 Å². The van der Waals surface area contributed by atoms with Gasteiger partial charge in [-0.05, 0) is 13.8 Å². The van der Waals surface area contributed by atoms with E-state index in [0.29, 0.717) is 0 Å². The van der Waals surface area contributed by atoms with Crippen molar-refractivity contribution in [3.05, 3.63) is 31.6 Å². The number of alkyl halides is 1. The zero-order valence-corrected chi connectivity index (χ0v) is 9.32. The normalized spacial score (nSPS) is 10.9. The van der Waals surface area contributed by atoms with E-state index in [4.69, 9.17) is 23.2 Å². The lowest BCUT2D eigenvalue weighted by Crippen LogP contribution is -2.37. The average Bonchev–Trinajstić information content (AvgIpc) is 2.10. The summed E-state index contributed by atoms with van der Waals surface area (Å²) in [6.07, 6.45) is 0. The third kappa shape index (κ3) is 1.86. The van der Waals surface area contributed by atoms with Gasteiger partial charge in [0, 0.05) is 6.04 Å². The van der Waals surface area contributed by atoms with Crippen LogP contribution in [0.5, 0.6) is 0 Å². The van der Waals surface area contributed by atoms with E-state index in [1.54, 1.807) is 13.8 Å². The fraction of sp³-hybridized carbons (Fsp3) is 0.500. The van der Waals surface area contributed by atoms with Crippen LogP contribution in [0.4, 0.5) is 0 Å². The van der Waals surface area contributed by atoms with E-state index in [0.717, 1.165) is 4.57 Å². The van der Waals surface area contributed by atoms with Gasteiger partial charge in [0.1, 0.15) is 5.02 Å². The minimum absolute atomic E-state index is 0.0161. The summed E-state index contributed by atoms with van der Waals surface area (Å²) in [6, 6.07) is -0.229. The maximum absolute atomic E-state index is 11.6. The van der Waals surface area contributed by atoms with Crippen LogP contribution < -0.4 is 11.2 Å². The van der Waals surface area contributed by atoms with Crippen molar-refractivity contribution in [1.82, 2.24) is 9.55 Å². The fourth-order valence-corrected chi connectivity index (χ4v) is 1.61. The van der Waals surface area contributed by atoms with Gasteiger partial charge in [-0.1, -0.05) is 11.6 Å². The molecule has 0 saturated carbocycles. The number of halogens is 2. The van der Waals surface area contributed by atoms with Crippen molar-refractivity contribution in [2.24, 2.45) is 0 Å². The highest BCUT2D eigenvalue weighted by atomic mass is 35.5. The van der Waals surface area contributed by atoms with Crippen molar-refractivity contribution < 1.29 is 0 Å². The molecule has 0 aliphatic carbocycles. The highest BCUT2D eigenvalue weighted by molar-refractivity contribution is 6.31. The van der Waals surface area contributed by atoms with Gasteiger partial charge in [-0.25, -0.2) is 4.79 Å². The highest BCUT2D eigenvalue weighted by Gasteiger charge is 2.12. The molecule has 0 amide bonds. The molecule has 4 nitrogen and oxygen atoms in total. The zero-order chi connectivity index (χ0) is 10.9. The Kier molecular flexibility index (Phi) is 3.39. The van der Waals surface area contributed by atoms with E-state index >= 15 is 0 Å². The summed E-state index contributed by atoms with van der Waals surface area (Å²) in [5.74, 6) is 0.0161. The summed E-state index contributed by atoms with van der Waals surface area (Å²) >= 11 is 11.2. The van der Waals surface area contributed by atoms with Crippen LogP contribution in [0.25, 0.3) is 0 Å². The van der Waals surface area contributed by atoms with Crippen LogP contribution in [0.1, 0.15) is 25.6 Å². The van der Waals surface area contributed by atoms with Gasteiger partial charge in [-0.3, -0.25) is 9.36 Å². The molecule has 1 aromatic heterocycles. The molecule has 0 aliphatic rings. The Morgan fingerprint density at radius 2 is 2.00 bits per heavy atom. The molecule has 0 atom stereocenters. The smallest absolute Gasteiger partial charge is 0.308 e. The number of nitrogens with one attached hydrogen (secondary N) is 1. The van der Waals surface area contributed by atoms with Crippen molar-refractivity contribution in [2.75, 3.05) is 0 Å². The van der Waals surface area contributed by atoms with E-state index in [1.807, 2.05) is 0 Å². The van der Waals surface area contributed by atoms with Gasteiger partial charge in [0.05, 0.1) is 11.6 Å². The van der Waals surface area contributed by atoms with Gasteiger partial charge in [-0.2, -0.15) is 0 Å². The standard InChI is InChI=1S/C8H10Cl2N2O2/c1-4(2)12-7(13)6(10)5(3-9)11-8(12)14/h4H,3H2,1-2H3,(H,11,14). The minimum atomic E-state index is -0.499. The quantitative estimate of drug-likeness (QED) is 0.792. The second kappa shape index (κ2) is 4.19. The summed E-state index contributed by atoms with van der Waals surface area (Å²) in [5.41, 5.74) is -0.716. The lowest BCUT2D eigenvalue weighted by molar-refractivity contribution is 0.543. The van der Waals surface area contributed by atoms with Crippen LogP contribution >= 0.6 is 23.2 Å². The lowest BCUT2D eigenvalue weighted by Gasteiger charge is -2.09. The third-order valence-electron chi connectivity index (χ3n) is 1.80. The number of aromatic nitrogens is 2. The Morgan fingerprint density at radius 3 is 2.43 bits per heavy atom. The van der Waals surface area contributed by atoms with Crippen LogP contribution in [-0.4, -0.2) is 9.55 Å². The van der Waals surface area contributed by atoms with Crippen LogP contribution in [-0.2, 0) is 5.88 Å². The molecule has 0 aliphatic heterocycles. The van der Waals surface area contributed by atoms with Crippen LogP contribution in [0, 0.1) is 0 Å². The maximum Gasteiger partial charge on any atom is 0.328 e. The highest BCUT2D eigenvalue weighted by Crippen LogP contribution is 2.09. The molecule has 0 radical (unpaired) electrons. The SMILES string of the molecule is CC(C)n1c(=O)[nH]c(CCl)c(Cl)c1=O. The number of nitrogens with zero attached hydrogens (tertiary/aromatic N) is 1. The van der Waals surface area contributed by atoms with E-state index in [1.165, 1.54) is 0 Å². The van der Waals surface area contributed by atoms with E-state index in [9.17, 15) is 9.59 Å². The molecule has 1 aromatic rings. The molecular weight excluding hydrogens is 227 g/mol. The Bertz CT molecular complexity index is 448. The molecule has 14 heavy (non-hydrogen) atoms.